The van der Waals surface area contributed by atoms with Crippen molar-refractivity contribution in [3.05, 3.63) is 68.3 Å². The summed E-state index contributed by atoms with van der Waals surface area (Å²) in [7, 11) is 3.08. The number of ether oxygens (including phenoxy) is 2. The number of hydrogen-bond donors (Lipinski definition) is 1. The zero-order valence-corrected chi connectivity index (χ0v) is 16.4. The molecule has 0 saturated carbocycles. The van der Waals surface area contributed by atoms with E-state index in [1.165, 1.54) is 19.3 Å². The zero-order chi connectivity index (χ0) is 19.1. The minimum absolute atomic E-state index is 0.0796. The quantitative estimate of drug-likeness (QED) is 0.541. The van der Waals surface area contributed by atoms with Gasteiger partial charge in [-0.3, -0.25) is 9.59 Å². The van der Waals surface area contributed by atoms with Crippen molar-refractivity contribution in [2.45, 2.75) is 6.92 Å². The number of ketones is 1. The molecule has 26 heavy (non-hydrogen) atoms. The molecule has 0 aliphatic rings. The molecule has 0 fully saturated rings. The maximum atomic E-state index is 12.6. The fourth-order valence-electron chi connectivity index (χ4n) is 2.45. The van der Waals surface area contributed by atoms with Crippen molar-refractivity contribution in [2.75, 3.05) is 26.1 Å². The minimum atomic E-state index is -0.393. The van der Waals surface area contributed by atoms with E-state index in [2.05, 4.69) is 21.2 Å². The van der Waals surface area contributed by atoms with Gasteiger partial charge in [0, 0.05) is 16.6 Å². The lowest BCUT2D eigenvalue weighted by Crippen LogP contribution is -2.15. The molecule has 2 aromatic carbocycles. The lowest BCUT2D eigenvalue weighted by atomic mass is 10.1. The molecule has 136 valence electrons. The van der Waals surface area contributed by atoms with Gasteiger partial charge < -0.3 is 14.8 Å². The first kappa shape index (κ1) is 19.7. The number of halogens is 1. The Bertz CT molecular complexity index is 893. The van der Waals surface area contributed by atoms with E-state index in [4.69, 9.17) is 9.47 Å². The molecular formula is C20H20BrNO4. The number of rotatable bonds is 7. The van der Waals surface area contributed by atoms with Crippen molar-refractivity contribution >= 4 is 33.5 Å². The number of allylic oxidation sites excluding steroid dienone is 1. The van der Waals surface area contributed by atoms with Gasteiger partial charge in [0.1, 0.15) is 0 Å². The SMILES string of the molecule is CCNc1ccc(Br)cc(C(=O)C=Cc2cccc(OC)c2OC)c1=O. The molecular weight excluding hydrogens is 398 g/mol. The number of benzene rings is 1. The van der Waals surface area contributed by atoms with Gasteiger partial charge in [-0.05, 0) is 43.3 Å². The second-order valence-corrected chi connectivity index (χ2v) is 6.25. The van der Waals surface area contributed by atoms with Gasteiger partial charge in [0.2, 0.25) is 5.43 Å². The van der Waals surface area contributed by atoms with Crippen molar-refractivity contribution in [2.24, 2.45) is 0 Å². The minimum Gasteiger partial charge on any atom is -0.493 e. The molecule has 2 aromatic rings. The molecule has 0 aliphatic heterocycles. The van der Waals surface area contributed by atoms with Gasteiger partial charge in [0.15, 0.2) is 17.3 Å². The Morgan fingerprint density at radius 3 is 2.62 bits per heavy atom. The van der Waals surface area contributed by atoms with Crippen LogP contribution >= 0.6 is 15.9 Å². The predicted octanol–water partition coefficient (Wildman–Crippen LogP) is 4.15. The highest BCUT2D eigenvalue weighted by Crippen LogP contribution is 2.31. The summed E-state index contributed by atoms with van der Waals surface area (Å²) in [6.45, 7) is 2.47. The lowest BCUT2D eigenvalue weighted by molar-refractivity contribution is 0.104. The third kappa shape index (κ3) is 4.52. The van der Waals surface area contributed by atoms with Gasteiger partial charge in [0.25, 0.3) is 0 Å². The maximum absolute atomic E-state index is 12.6. The van der Waals surface area contributed by atoms with Gasteiger partial charge in [-0.15, -0.1) is 0 Å². The summed E-state index contributed by atoms with van der Waals surface area (Å²) < 4.78 is 11.2. The number of methoxy groups -OCH3 is 2. The van der Waals surface area contributed by atoms with Crippen LogP contribution in [0, 0.1) is 0 Å². The molecule has 0 spiro atoms. The smallest absolute Gasteiger partial charge is 0.212 e. The molecule has 5 nitrogen and oxygen atoms in total. The number of carbonyl (C=O) groups excluding carboxylic acids is 1. The lowest BCUT2D eigenvalue weighted by Gasteiger charge is -2.09. The molecule has 1 N–H and O–H groups in total. The fourth-order valence-corrected chi connectivity index (χ4v) is 2.81. The summed E-state index contributed by atoms with van der Waals surface area (Å²) in [5.74, 6) is 0.695. The third-order valence-electron chi connectivity index (χ3n) is 3.66. The number of carbonyl (C=O) groups is 1. The molecule has 0 atom stereocenters. The highest BCUT2D eigenvalue weighted by atomic mass is 79.9. The molecule has 0 unspecified atom stereocenters. The van der Waals surface area contributed by atoms with Crippen molar-refractivity contribution in [3.8, 4) is 11.5 Å². The van der Waals surface area contributed by atoms with Crippen molar-refractivity contribution in [1.29, 1.82) is 0 Å². The van der Waals surface area contributed by atoms with Crippen LogP contribution < -0.4 is 20.2 Å². The number of nitrogens with one attached hydrogen (secondary N) is 1. The molecule has 0 saturated heterocycles. The summed E-state index contributed by atoms with van der Waals surface area (Å²) in [6.07, 6.45) is 2.97. The van der Waals surface area contributed by atoms with Gasteiger partial charge in [0.05, 0.1) is 25.5 Å². The van der Waals surface area contributed by atoms with Gasteiger partial charge >= 0.3 is 0 Å². The average Bonchev–Trinajstić information content (AvgIpc) is 2.79. The normalized spacial score (nSPS) is 10.6. The molecule has 0 amide bonds. The molecule has 6 heteroatoms. The van der Waals surface area contributed by atoms with Gasteiger partial charge in [-0.25, -0.2) is 0 Å². The zero-order valence-electron chi connectivity index (χ0n) is 14.8. The van der Waals surface area contributed by atoms with Gasteiger partial charge in [-0.2, -0.15) is 0 Å². The Balaban J connectivity index is 2.44. The Hall–Kier alpha value is -2.60. The van der Waals surface area contributed by atoms with Crippen LogP contribution in [0.25, 0.3) is 6.08 Å². The molecule has 0 aromatic heterocycles. The highest BCUT2D eigenvalue weighted by Gasteiger charge is 2.12. The summed E-state index contributed by atoms with van der Waals surface area (Å²) in [4.78, 5) is 25.2. The first-order valence-electron chi connectivity index (χ1n) is 8.03. The predicted molar refractivity (Wildman–Crippen MR) is 107 cm³/mol. The Labute approximate surface area is 160 Å². The van der Waals surface area contributed by atoms with E-state index >= 15 is 0 Å². The fraction of sp³-hybridized carbons (Fsp3) is 0.200. The summed E-state index contributed by atoms with van der Waals surface area (Å²) in [5, 5.41) is 2.98. The van der Waals surface area contributed by atoms with Crippen LogP contribution in [-0.2, 0) is 0 Å². The van der Waals surface area contributed by atoms with Crippen molar-refractivity contribution in [1.82, 2.24) is 0 Å². The van der Waals surface area contributed by atoms with E-state index < -0.39 is 5.78 Å². The number of anilines is 1. The Kier molecular flexibility index (Phi) is 6.97. The standard InChI is InChI=1S/C20H20BrNO4/c1-4-22-16-10-9-14(21)12-15(19(16)24)17(23)11-8-13-6-5-7-18(25-2)20(13)26-3/h5-12H,4H2,1-3H3,(H,22,24). The van der Waals surface area contributed by atoms with Crippen LogP contribution in [0.1, 0.15) is 22.8 Å². The Morgan fingerprint density at radius 2 is 1.96 bits per heavy atom. The number of para-hydroxylation sites is 1. The monoisotopic (exact) mass is 417 g/mol. The van der Waals surface area contributed by atoms with E-state index in [-0.39, 0.29) is 11.0 Å². The van der Waals surface area contributed by atoms with E-state index in [1.54, 1.807) is 43.5 Å². The maximum Gasteiger partial charge on any atom is 0.212 e. The van der Waals surface area contributed by atoms with Crippen LogP contribution in [0.4, 0.5) is 5.69 Å². The van der Waals surface area contributed by atoms with E-state index in [9.17, 15) is 9.59 Å². The Morgan fingerprint density at radius 1 is 1.19 bits per heavy atom. The van der Waals surface area contributed by atoms with Crippen molar-refractivity contribution < 1.29 is 14.3 Å². The highest BCUT2D eigenvalue weighted by molar-refractivity contribution is 9.10. The van der Waals surface area contributed by atoms with Crippen molar-refractivity contribution in [3.63, 3.8) is 0 Å². The van der Waals surface area contributed by atoms with Crippen LogP contribution in [0.5, 0.6) is 11.5 Å². The number of hydrogen-bond acceptors (Lipinski definition) is 5. The first-order chi connectivity index (χ1) is 12.5. The first-order valence-corrected chi connectivity index (χ1v) is 8.82. The molecule has 0 bridgehead atoms. The van der Waals surface area contributed by atoms with Gasteiger partial charge in [-0.1, -0.05) is 28.1 Å². The van der Waals surface area contributed by atoms with Crippen LogP contribution in [0.15, 0.2) is 51.7 Å². The topological polar surface area (TPSA) is 64.6 Å². The largest absolute Gasteiger partial charge is 0.493 e. The van der Waals surface area contributed by atoms with Crippen LogP contribution in [0.3, 0.4) is 0 Å². The molecule has 0 heterocycles. The third-order valence-corrected chi connectivity index (χ3v) is 4.15. The van der Waals surface area contributed by atoms with Crippen LogP contribution in [0.2, 0.25) is 0 Å². The summed E-state index contributed by atoms with van der Waals surface area (Å²) >= 11 is 3.34. The average molecular weight is 418 g/mol. The van der Waals surface area contributed by atoms with Crippen LogP contribution in [-0.4, -0.2) is 26.5 Å². The second kappa shape index (κ2) is 9.20. The second-order valence-electron chi connectivity index (χ2n) is 5.33. The van der Waals surface area contributed by atoms with E-state index in [0.717, 1.165) is 0 Å². The summed E-state index contributed by atoms with van der Waals surface area (Å²) in [5.41, 5.74) is 0.800. The summed E-state index contributed by atoms with van der Waals surface area (Å²) in [6, 6.07) is 10.3. The van der Waals surface area contributed by atoms with E-state index in [1.807, 2.05) is 6.92 Å². The molecule has 0 radical (unpaired) electrons. The molecule has 2 rings (SSSR count). The molecule has 0 aliphatic carbocycles. The van der Waals surface area contributed by atoms with E-state index in [0.29, 0.717) is 33.8 Å².